The summed E-state index contributed by atoms with van der Waals surface area (Å²) in [5.41, 5.74) is 3.30. The van der Waals surface area contributed by atoms with Gasteiger partial charge in [0.25, 0.3) is 5.91 Å². The number of imidazole rings is 1. The van der Waals surface area contributed by atoms with Crippen LogP contribution in [0.1, 0.15) is 36.2 Å². The molecule has 0 saturated carbocycles. The number of carbonyl (C=O) groups is 1. The second kappa shape index (κ2) is 7.62. The van der Waals surface area contributed by atoms with E-state index in [0.717, 1.165) is 49.2 Å². The Morgan fingerprint density at radius 1 is 1.29 bits per heavy atom. The van der Waals surface area contributed by atoms with Crippen LogP contribution in [0.2, 0.25) is 0 Å². The van der Waals surface area contributed by atoms with Crippen LogP contribution in [0.5, 0.6) is 5.75 Å². The number of phenols is 1. The molecule has 1 fully saturated rings. The van der Waals surface area contributed by atoms with Crippen molar-refractivity contribution < 1.29 is 9.90 Å². The number of pyridine rings is 1. The highest BCUT2D eigenvalue weighted by atomic mass is 16.3. The summed E-state index contributed by atoms with van der Waals surface area (Å²) < 4.78 is 2.04. The number of aromatic nitrogens is 3. The number of benzene rings is 1. The Morgan fingerprint density at radius 2 is 2.14 bits per heavy atom. The Bertz CT molecular complexity index is 995. The minimum absolute atomic E-state index is 0.0196. The number of hydrogen-bond donors (Lipinski definition) is 1. The minimum Gasteiger partial charge on any atom is -0.508 e. The van der Waals surface area contributed by atoms with Gasteiger partial charge < -0.3 is 14.6 Å². The molecule has 28 heavy (non-hydrogen) atoms. The fourth-order valence-electron chi connectivity index (χ4n) is 3.98. The Morgan fingerprint density at radius 3 is 2.93 bits per heavy atom. The molecule has 0 aliphatic carbocycles. The Hall–Kier alpha value is -2.89. The van der Waals surface area contributed by atoms with Crippen LogP contribution in [0.15, 0.2) is 42.9 Å². The maximum atomic E-state index is 12.9. The predicted octanol–water partition coefficient (Wildman–Crippen LogP) is 3.50. The first-order chi connectivity index (χ1) is 13.5. The fraction of sp³-hybridized carbons (Fsp3) is 0.409. The number of carbonyl (C=O) groups excluding carboxylic acids is 1. The smallest absolute Gasteiger partial charge is 0.255 e. The van der Waals surface area contributed by atoms with Crippen molar-refractivity contribution in [1.29, 1.82) is 0 Å². The molecule has 4 rings (SSSR count). The molecule has 1 aliphatic rings. The number of phenolic OH excluding ortho intramolecular Hbond substituents is 1. The summed E-state index contributed by atoms with van der Waals surface area (Å²) in [4.78, 5) is 23.8. The summed E-state index contributed by atoms with van der Waals surface area (Å²) in [5, 5.41) is 9.63. The van der Waals surface area contributed by atoms with Crippen LogP contribution in [0.4, 0.5) is 0 Å². The number of hydrogen-bond acceptors (Lipinski definition) is 4. The van der Waals surface area contributed by atoms with Crippen molar-refractivity contribution in [2.45, 2.75) is 33.2 Å². The Labute approximate surface area is 164 Å². The quantitative estimate of drug-likeness (QED) is 0.738. The molecule has 1 atom stereocenters. The van der Waals surface area contributed by atoms with Gasteiger partial charge in [-0.3, -0.25) is 4.79 Å². The van der Waals surface area contributed by atoms with Crippen LogP contribution in [0.3, 0.4) is 0 Å². The molecule has 1 aromatic carbocycles. The van der Waals surface area contributed by atoms with Crippen LogP contribution in [-0.2, 0) is 13.0 Å². The summed E-state index contributed by atoms with van der Waals surface area (Å²) in [6.07, 6.45) is 5.31. The molecule has 2 aromatic heterocycles. The molecule has 0 bridgehead atoms. The monoisotopic (exact) mass is 378 g/mol. The molecular formula is C22H26N4O2. The maximum Gasteiger partial charge on any atom is 0.255 e. The molecule has 3 heterocycles. The lowest BCUT2D eigenvalue weighted by molar-refractivity contribution is 0.0787. The number of nitrogens with zero attached hydrogens (tertiary/aromatic N) is 4. The van der Waals surface area contributed by atoms with Crippen LogP contribution in [-0.4, -0.2) is 43.5 Å². The largest absolute Gasteiger partial charge is 0.508 e. The van der Waals surface area contributed by atoms with Gasteiger partial charge in [0.2, 0.25) is 0 Å². The van der Waals surface area contributed by atoms with E-state index >= 15 is 0 Å². The van der Waals surface area contributed by atoms with Crippen molar-refractivity contribution in [1.82, 2.24) is 19.4 Å². The number of rotatable bonds is 5. The summed E-state index contributed by atoms with van der Waals surface area (Å²) in [7, 11) is 0. The zero-order chi connectivity index (χ0) is 19.7. The van der Waals surface area contributed by atoms with Gasteiger partial charge in [0.15, 0.2) is 5.65 Å². The van der Waals surface area contributed by atoms with E-state index in [1.165, 1.54) is 0 Å². The first-order valence-electron chi connectivity index (χ1n) is 9.87. The number of fused-ring (bicyclic) bond motifs is 1. The van der Waals surface area contributed by atoms with Gasteiger partial charge in [0, 0.05) is 25.8 Å². The van der Waals surface area contributed by atoms with Crippen molar-refractivity contribution in [3.8, 4) is 5.75 Å². The molecule has 3 aromatic rings. The maximum absolute atomic E-state index is 12.9. The normalized spacial score (nSPS) is 17.0. The van der Waals surface area contributed by atoms with E-state index in [2.05, 4.69) is 23.8 Å². The van der Waals surface area contributed by atoms with Gasteiger partial charge >= 0.3 is 0 Å². The first-order valence-corrected chi connectivity index (χ1v) is 9.87. The van der Waals surface area contributed by atoms with Crippen LogP contribution in [0, 0.1) is 11.8 Å². The van der Waals surface area contributed by atoms with Crippen molar-refractivity contribution in [3.05, 3.63) is 54.0 Å². The lowest BCUT2D eigenvalue weighted by Crippen LogP contribution is -2.29. The van der Waals surface area contributed by atoms with E-state index in [0.29, 0.717) is 23.1 Å². The van der Waals surface area contributed by atoms with Crippen molar-refractivity contribution in [2.75, 3.05) is 13.1 Å². The Balaban J connectivity index is 1.44. The number of amides is 1. The number of likely N-dealkylation sites (tertiary alicyclic amines) is 1. The summed E-state index contributed by atoms with van der Waals surface area (Å²) in [6, 6.07) is 9.22. The van der Waals surface area contributed by atoms with E-state index < -0.39 is 0 Å². The molecule has 1 unspecified atom stereocenters. The predicted molar refractivity (Wildman–Crippen MR) is 108 cm³/mol. The topological polar surface area (TPSA) is 71.2 Å². The van der Waals surface area contributed by atoms with Crippen LogP contribution in [0.25, 0.3) is 11.2 Å². The number of aromatic hydroxyl groups is 1. The lowest BCUT2D eigenvalue weighted by Gasteiger charge is -2.16. The van der Waals surface area contributed by atoms with E-state index in [9.17, 15) is 9.90 Å². The molecule has 146 valence electrons. The molecule has 0 radical (unpaired) electrons. The molecule has 1 saturated heterocycles. The summed E-state index contributed by atoms with van der Waals surface area (Å²) in [6.45, 7) is 6.66. The molecule has 0 spiro atoms. The molecular weight excluding hydrogens is 352 g/mol. The van der Waals surface area contributed by atoms with E-state index in [4.69, 9.17) is 0 Å². The zero-order valence-corrected chi connectivity index (χ0v) is 16.4. The summed E-state index contributed by atoms with van der Waals surface area (Å²) >= 11 is 0. The van der Waals surface area contributed by atoms with Crippen LogP contribution < -0.4 is 0 Å². The molecule has 1 N–H and O–H groups in total. The van der Waals surface area contributed by atoms with E-state index in [-0.39, 0.29) is 5.91 Å². The van der Waals surface area contributed by atoms with Gasteiger partial charge in [0.1, 0.15) is 11.3 Å². The van der Waals surface area contributed by atoms with Crippen molar-refractivity contribution in [2.24, 2.45) is 11.8 Å². The second-order valence-electron chi connectivity index (χ2n) is 8.14. The van der Waals surface area contributed by atoms with Gasteiger partial charge in [0.05, 0.1) is 11.9 Å². The third kappa shape index (κ3) is 3.86. The highest BCUT2D eigenvalue weighted by Gasteiger charge is 2.27. The average Bonchev–Trinajstić information content (AvgIpc) is 3.28. The lowest BCUT2D eigenvalue weighted by atomic mass is 9.98. The van der Waals surface area contributed by atoms with Gasteiger partial charge in [-0.05, 0) is 48.4 Å². The van der Waals surface area contributed by atoms with Gasteiger partial charge in [-0.1, -0.05) is 26.0 Å². The Kier molecular flexibility index (Phi) is 5.03. The van der Waals surface area contributed by atoms with Gasteiger partial charge in [-0.25, -0.2) is 9.97 Å². The molecule has 6 heteroatoms. The van der Waals surface area contributed by atoms with Gasteiger partial charge in [-0.2, -0.15) is 0 Å². The SMILES string of the molecule is CC(C)Cn1cnc2cc(C(=O)N3CCC(Cc4cccc(O)c4)C3)cnc21. The first kappa shape index (κ1) is 18.5. The average molecular weight is 378 g/mol. The van der Waals surface area contributed by atoms with Gasteiger partial charge in [-0.15, -0.1) is 0 Å². The van der Waals surface area contributed by atoms with Crippen molar-refractivity contribution in [3.63, 3.8) is 0 Å². The molecule has 6 nitrogen and oxygen atoms in total. The highest BCUT2D eigenvalue weighted by molar-refractivity contribution is 5.96. The summed E-state index contributed by atoms with van der Waals surface area (Å²) in [5.74, 6) is 1.23. The molecule has 1 aliphatic heterocycles. The second-order valence-corrected chi connectivity index (χ2v) is 8.14. The third-order valence-electron chi connectivity index (χ3n) is 5.27. The fourth-order valence-corrected chi connectivity index (χ4v) is 3.98. The third-order valence-corrected chi connectivity index (χ3v) is 5.27. The molecule has 1 amide bonds. The minimum atomic E-state index is 0.0196. The van der Waals surface area contributed by atoms with Crippen molar-refractivity contribution >= 4 is 17.1 Å². The van der Waals surface area contributed by atoms with E-state index in [1.54, 1.807) is 24.7 Å². The highest BCUT2D eigenvalue weighted by Crippen LogP contribution is 2.24. The standard InChI is InChI=1S/C22H26N4O2/c1-15(2)12-26-14-24-20-10-18(11-23-21(20)26)22(28)25-7-6-17(13-25)8-16-4-3-5-19(27)9-16/h3-5,9-11,14-15,17,27H,6-8,12-13H2,1-2H3. The van der Waals surface area contributed by atoms with E-state index in [1.807, 2.05) is 27.7 Å². The van der Waals surface area contributed by atoms with Crippen LogP contribution >= 0.6 is 0 Å². The zero-order valence-electron chi connectivity index (χ0n) is 16.4.